The van der Waals surface area contributed by atoms with E-state index in [1.165, 1.54) is 17.4 Å². The molecule has 1 aliphatic heterocycles. The van der Waals surface area contributed by atoms with E-state index in [9.17, 15) is 14.3 Å². The first-order valence-electron chi connectivity index (χ1n) is 14.0. The first-order valence-corrected chi connectivity index (χ1v) is 14.9. The largest absolute Gasteiger partial charge is 0.481 e. The van der Waals surface area contributed by atoms with Crippen molar-refractivity contribution in [3.05, 3.63) is 47.1 Å². The molecule has 0 radical (unpaired) electrons. The van der Waals surface area contributed by atoms with Gasteiger partial charge in [-0.1, -0.05) is 0 Å². The van der Waals surface area contributed by atoms with Crippen molar-refractivity contribution < 1.29 is 23.4 Å². The average Bonchev–Trinajstić information content (AvgIpc) is 3.62. The molecule has 4 aromatic rings. The van der Waals surface area contributed by atoms with E-state index in [-0.39, 0.29) is 29.2 Å². The second kappa shape index (κ2) is 10.7. The molecule has 0 aromatic carbocycles. The summed E-state index contributed by atoms with van der Waals surface area (Å²) in [6.07, 6.45) is 6.32. The highest BCUT2D eigenvalue weighted by Gasteiger charge is 2.47. The van der Waals surface area contributed by atoms with Crippen molar-refractivity contribution in [1.29, 1.82) is 0 Å². The van der Waals surface area contributed by atoms with E-state index in [0.29, 0.717) is 34.7 Å². The highest BCUT2D eigenvalue weighted by atomic mass is 32.1. The Labute approximate surface area is 239 Å². The summed E-state index contributed by atoms with van der Waals surface area (Å²) in [4.78, 5) is 32.6. The lowest BCUT2D eigenvalue weighted by Gasteiger charge is -2.47. The maximum absolute atomic E-state index is 16.3. The number of aliphatic carboxylic acids is 1. The molecular weight excluding hydrogens is 550 g/mol. The number of H-pyrrole nitrogens is 1. The maximum atomic E-state index is 16.3. The van der Waals surface area contributed by atoms with Gasteiger partial charge in [-0.15, -0.1) is 11.3 Å². The van der Waals surface area contributed by atoms with Gasteiger partial charge in [0.2, 0.25) is 0 Å². The van der Waals surface area contributed by atoms with Gasteiger partial charge >= 0.3 is 5.97 Å². The minimum atomic E-state index is -0.865. The van der Waals surface area contributed by atoms with Gasteiger partial charge in [-0.25, -0.2) is 23.7 Å². The molecule has 0 amide bonds. The van der Waals surface area contributed by atoms with Gasteiger partial charge in [0.15, 0.2) is 17.5 Å². The van der Waals surface area contributed by atoms with Gasteiger partial charge in [0.25, 0.3) is 0 Å². The van der Waals surface area contributed by atoms with Crippen LogP contribution in [0.4, 0.5) is 14.6 Å². The summed E-state index contributed by atoms with van der Waals surface area (Å²) in [6.45, 7) is 3.80. The number of carboxylic acid groups (broad SMARTS) is 1. The summed E-state index contributed by atoms with van der Waals surface area (Å²) in [5.41, 5.74) is 1.08. The summed E-state index contributed by atoms with van der Waals surface area (Å²) in [5.74, 6) is -2.25. The number of pyridine rings is 1. The number of ether oxygens (including phenoxy) is 1. The number of aromatic nitrogens is 4. The second-order valence-electron chi connectivity index (χ2n) is 11.2. The lowest BCUT2D eigenvalue weighted by Crippen LogP contribution is -2.51. The van der Waals surface area contributed by atoms with E-state index in [2.05, 4.69) is 30.2 Å². The zero-order valence-corrected chi connectivity index (χ0v) is 23.1. The van der Waals surface area contributed by atoms with E-state index in [0.717, 1.165) is 56.4 Å². The fourth-order valence-electron chi connectivity index (χ4n) is 6.73. The number of rotatable bonds is 7. The molecule has 4 aliphatic rings. The molecule has 0 spiro atoms. The summed E-state index contributed by atoms with van der Waals surface area (Å²) in [7, 11) is 0. The van der Waals surface area contributed by atoms with Gasteiger partial charge in [-0.2, -0.15) is 0 Å². The van der Waals surface area contributed by atoms with Gasteiger partial charge in [0.1, 0.15) is 17.2 Å². The van der Waals surface area contributed by atoms with Gasteiger partial charge < -0.3 is 20.1 Å². The van der Waals surface area contributed by atoms with E-state index in [1.54, 1.807) is 6.20 Å². The van der Waals surface area contributed by atoms with Gasteiger partial charge in [-0.3, -0.25) is 9.69 Å². The van der Waals surface area contributed by atoms with Crippen LogP contribution in [0.3, 0.4) is 0 Å². The number of aromatic amines is 1. The van der Waals surface area contributed by atoms with Crippen LogP contribution < -0.4 is 5.32 Å². The maximum Gasteiger partial charge on any atom is 0.308 e. The summed E-state index contributed by atoms with van der Waals surface area (Å²) < 4.78 is 35.9. The number of carboxylic acids is 1. The van der Waals surface area contributed by atoms with Gasteiger partial charge in [0.05, 0.1) is 30.2 Å². The number of morpholine rings is 1. The Balaban J connectivity index is 1.30. The van der Waals surface area contributed by atoms with Crippen molar-refractivity contribution in [3.63, 3.8) is 0 Å². The minimum Gasteiger partial charge on any atom is -0.481 e. The molecule has 12 heteroatoms. The zero-order valence-electron chi connectivity index (χ0n) is 22.3. The lowest BCUT2D eigenvalue weighted by molar-refractivity contribution is -0.148. The number of thiophene rings is 1. The van der Waals surface area contributed by atoms with Crippen LogP contribution in [0.25, 0.3) is 33.0 Å². The highest BCUT2D eigenvalue weighted by Crippen LogP contribution is 2.47. The molecule has 8 rings (SSSR count). The van der Waals surface area contributed by atoms with Crippen molar-refractivity contribution in [2.75, 3.05) is 31.6 Å². The van der Waals surface area contributed by atoms with Crippen LogP contribution in [0.2, 0.25) is 0 Å². The molecule has 3 aliphatic carbocycles. The Hall–Kier alpha value is -3.48. The number of anilines is 1. The van der Waals surface area contributed by atoms with E-state index < -0.39 is 29.6 Å². The number of fused-ring (bicyclic) bond motifs is 4. The third kappa shape index (κ3) is 4.98. The summed E-state index contributed by atoms with van der Waals surface area (Å²) >= 11 is 1.46. The average molecular weight is 581 g/mol. The molecule has 4 fully saturated rings. The Bertz CT molecular complexity index is 1590. The quantitative estimate of drug-likeness (QED) is 0.275. The van der Waals surface area contributed by atoms with Crippen LogP contribution in [0.5, 0.6) is 0 Å². The molecular formula is C29H30F2N6O3S. The van der Waals surface area contributed by atoms with E-state index >= 15 is 4.39 Å². The molecule has 0 unspecified atom stereocenters. The van der Waals surface area contributed by atoms with Crippen molar-refractivity contribution in [2.24, 2.45) is 17.8 Å². The number of carbonyl (C=O) groups is 1. The Kier molecular flexibility index (Phi) is 6.92. The molecule has 1 saturated heterocycles. The van der Waals surface area contributed by atoms with E-state index in [1.807, 2.05) is 12.1 Å². The fraction of sp³-hybridized carbons (Fsp3) is 0.448. The molecule has 3 saturated carbocycles. The normalized spacial score (nSPS) is 24.6. The lowest BCUT2D eigenvalue weighted by atomic mass is 9.61. The monoisotopic (exact) mass is 580 g/mol. The minimum absolute atomic E-state index is 0.0318. The molecule has 3 N–H and O–H groups in total. The Morgan fingerprint density at radius 1 is 1.15 bits per heavy atom. The molecule has 41 heavy (non-hydrogen) atoms. The zero-order chi connectivity index (χ0) is 28.1. The van der Waals surface area contributed by atoms with Crippen LogP contribution in [0, 0.1) is 29.4 Å². The predicted octanol–water partition coefficient (Wildman–Crippen LogP) is 5.16. The molecule has 2 atom stereocenters. The predicted molar refractivity (Wildman–Crippen MR) is 150 cm³/mol. The van der Waals surface area contributed by atoms with E-state index in [4.69, 9.17) is 4.74 Å². The van der Waals surface area contributed by atoms with Crippen LogP contribution in [-0.4, -0.2) is 68.3 Å². The SMILES string of the molecule is O=C(O)[C@H]1C2CCC(CC2)[C@@H]1Nc1nc(-c2c[nH]c3ncc(F)cc23)nc(-c2ccc(CN3CCOCC3)s2)c1F. The van der Waals surface area contributed by atoms with Gasteiger partial charge in [0, 0.05) is 47.7 Å². The first kappa shape index (κ1) is 26.4. The standard InChI is InChI=1S/C29H30F2N6O3S/c30-17-11-19-20(13-33-26(19)32-12-17)27-35-25(21-6-5-18(41-21)14-37-7-9-40-10-8-37)23(31)28(36-27)34-24-16-3-1-15(2-4-16)22(24)29(38)39/h5-6,11-13,15-16,22,24H,1-4,7-10,14H2,(H,32,33)(H,38,39)(H,34,35,36)/t15?,16?,22-,24-/m0/s1. The molecule has 214 valence electrons. The molecule has 4 aromatic heterocycles. The highest BCUT2D eigenvalue weighted by molar-refractivity contribution is 7.15. The number of hydrogen-bond donors (Lipinski definition) is 3. The number of nitrogens with zero attached hydrogens (tertiary/aromatic N) is 4. The van der Waals surface area contributed by atoms with Crippen molar-refractivity contribution in [1.82, 2.24) is 24.8 Å². The van der Waals surface area contributed by atoms with Crippen molar-refractivity contribution in [2.45, 2.75) is 38.3 Å². The number of nitrogens with one attached hydrogen (secondary N) is 2. The van der Waals surface area contributed by atoms with Crippen molar-refractivity contribution in [3.8, 4) is 22.0 Å². The molecule has 5 heterocycles. The topological polar surface area (TPSA) is 116 Å². The second-order valence-corrected chi connectivity index (χ2v) is 12.3. The van der Waals surface area contributed by atoms with Crippen LogP contribution in [0.15, 0.2) is 30.6 Å². The van der Waals surface area contributed by atoms with Gasteiger partial charge in [-0.05, 0) is 55.7 Å². The van der Waals surface area contributed by atoms with Crippen LogP contribution >= 0.6 is 11.3 Å². The molecule has 9 nitrogen and oxygen atoms in total. The molecule has 2 bridgehead atoms. The van der Waals surface area contributed by atoms with Crippen LogP contribution in [-0.2, 0) is 16.1 Å². The Morgan fingerprint density at radius 2 is 1.93 bits per heavy atom. The summed E-state index contributed by atoms with van der Waals surface area (Å²) in [6, 6.07) is 4.75. The number of halogens is 2. The van der Waals surface area contributed by atoms with Crippen LogP contribution in [0.1, 0.15) is 30.6 Å². The van der Waals surface area contributed by atoms with Crippen molar-refractivity contribution >= 4 is 34.2 Å². The third-order valence-electron chi connectivity index (χ3n) is 8.78. The third-order valence-corrected chi connectivity index (χ3v) is 9.85. The first-order chi connectivity index (χ1) is 19.9. The Morgan fingerprint density at radius 3 is 2.71 bits per heavy atom. The fourth-order valence-corrected chi connectivity index (χ4v) is 7.76. The summed E-state index contributed by atoms with van der Waals surface area (Å²) in [5, 5.41) is 13.8. The number of hydrogen-bond acceptors (Lipinski definition) is 8. The smallest absolute Gasteiger partial charge is 0.308 e.